The van der Waals surface area contributed by atoms with Crippen molar-refractivity contribution in [2.45, 2.75) is 36.6 Å². The van der Waals surface area contributed by atoms with Crippen molar-refractivity contribution in [1.82, 2.24) is 13.3 Å². The molecule has 0 aliphatic carbocycles. The molecule has 3 heterocycles. The van der Waals surface area contributed by atoms with Gasteiger partial charge in [-0.1, -0.05) is 17.7 Å². The molecular weight excluding hydrogens is 478 g/mol. The zero-order valence-corrected chi connectivity index (χ0v) is 19.2. The summed E-state index contributed by atoms with van der Waals surface area (Å²) in [4.78, 5) is 4.29. The molecule has 0 saturated carbocycles. The van der Waals surface area contributed by atoms with E-state index >= 15 is 0 Å². The van der Waals surface area contributed by atoms with E-state index in [4.69, 9.17) is 0 Å². The third kappa shape index (κ3) is 3.31. The molecule has 0 unspecified atom stereocenters. The lowest BCUT2D eigenvalue weighted by Gasteiger charge is -2.17. The Hall–Kier alpha value is -1.75. The lowest BCUT2D eigenvalue weighted by Crippen LogP contribution is -2.31. The van der Waals surface area contributed by atoms with E-state index in [0.717, 1.165) is 27.9 Å². The number of aromatic nitrogens is 2. The second-order valence-electron chi connectivity index (χ2n) is 7.17. The summed E-state index contributed by atoms with van der Waals surface area (Å²) in [5.74, 6) is 0. The summed E-state index contributed by atoms with van der Waals surface area (Å²) < 4.78 is 56.6. The van der Waals surface area contributed by atoms with Crippen LogP contribution in [0.2, 0.25) is 0 Å². The predicted molar refractivity (Wildman–Crippen MR) is 114 cm³/mol. The monoisotopic (exact) mass is 497 g/mol. The Labute approximate surface area is 178 Å². The molecule has 1 aliphatic rings. The SMILES string of the molecule is Cc1ccc(S(=O)(=O)n2c(S(=O)(=O)N3CCCC3)cc3c(Br)c(C)cnc32)cc1. The highest BCUT2D eigenvalue weighted by Crippen LogP contribution is 2.35. The van der Waals surface area contributed by atoms with Gasteiger partial charge in [0.05, 0.1) is 4.90 Å². The van der Waals surface area contributed by atoms with Gasteiger partial charge < -0.3 is 0 Å². The van der Waals surface area contributed by atoms with E-state index in [2.05, 4.69) is 20.9 Å². The van der Waals surface area contributed by atoms with Gasteiger partial charge >= 0.3 is 0 Å². The summed E-state index contributed by atoms with van der Waals surface area (Å²) in [6, 6.07) is 7.72. The standard InChI is InChI=1S/C19H20BrN3O4S2/c1-13-5-7-15(8-6-13)28(24,25)23-17(29(26,27)22-9-3-4-10-22)11-16-18(20)14(2)12-21-19(16)23/h5-8,11-12H,3-4,9-10H2,1-2H3. The maximum absolute atomic E-state index is 13.5. The van der Waals surface area contributed by atoms with Crippen molar-refractivity contribution < 1.29 is 16.8 Å². The predicted octanol–water partition coefficient (Wildman–Crippen LogP) is 3.44. The zero-order valence-electron chi connectivity index (χ0n) is 16.0. The third-order valence-corrected chi connectivity index (χ3v) is 9.85. The summed E-state index contributed by atoms with van der Waals surface area (Å²) >= 11 is 3.45. The number of aryl methyl sites for hydroxylation is 2. The fraction of sp³-hybridized carbons (Fsp3) is 0.316. The van der Waals surface area contributed by atoms with Gasteiger partial charge in [0.25, 0.3) is 20.0 Å². The molecule has 1 saturated heterocycles. The smallest absolute Gasteiger partial charge is 0.237 e. The molecule has 7 nitrogen and oxygen atoms in total. The van der Waals surface area contributed by atoms with Crippen LogP contribution in [0.5, 0.6) is 0 Å². The third-order valence-electron chi connectivity index (χ3n) is 5.09. The Balaban J connectivity index is 2.06. The normalized spacial score (nSPS) is 16.0. The van der Waals surface area contributed by atoms with Crippen LogP contribution in [0.4, 0.5) is 0 Å². The first-order chi connectivity index (χ1) is 13.6. The number of halogens is 1. The van der Waals surface area contributed by atoms with Gasteiger partial charge in [-0.05, 0) is 66.4 Å². The Morgan fingerprint density at radius 1 is 0.966 bits per heavy atom. The number of hydrogen-bond acceptors (Lipinski definition) is 5. The molecule has 0 bridgehead atoms. The Morgan fingerprint density at radius 3 is 2.21 bits per heavy atom. The molecule has 29 heavy (non-hydrogen) atoms. The van der Waals surface area contributed by atoms with E-state index < -0.39 is 20.0 Å². The maximum Gasteiger partial charge on any atom is 0.270 e. The highest BCUT2D eigenvalue weighted by atomic mass is 79.9. The second kappa shape index (κ2) is 7.19. The molecule has 3 aromatic rings. The molecule has 154 valence electrons. The lowest BCUT2D eigenvalue weighted by atomic mass is 10.2. The van der Waals surface area contributed by atoms with Crippen LogP contribution in [0.25, 0.3) is 11.0 Å². The minimum Gasteiger partial charge on any atom is -0.237 e. The molecule has 1 fully saturated rings. The highest BCUT2D eigenvalue weighted by molar-refractivity contribution is 9.10. The molecule has 0 radical (unpaired) electrons. The number of fused-ring (bicyclic) bond motifs is 1. The van der Waals surface area contributed by atoms with E-state index in [1.807, 2.05) is 13.8 Å². The number of hydrogen-bond donors (Lipinski definition) is 0. The van der Waals surface area contributed by atoms with Crippen LogP contribution in [0.1, 0.15) is 24.0 Å². The van der Waals surface area contributed by atoms with Crippen LogP contribution < -0.4 is 0 Å². The first-order valence-electron chi connectivity index (χ1n) is 9.13. The largest absolute Gasteiger partial charge is 0.270 e. The number of nitrogens with zero attached hydrogens (tertiary/aromatic N) is 3. The number of pyridine rings is 1. The summed E-state index contributed by atoms with van der Waals surface area (Å²) in [7, 11) is -8.19. The Bertz CT molecular complexity index is 1310. The van der Waals surface area contributed by atoms with Crippen molar-refractivity contribution in [3.05, 3.63) is 52.1 Å². The summed E-state index contributed by atoms with van der Waals surface area (Å²) in [5.41, 5.74) is 1.77. The van der Waals surface area contributed by atoms with Crippen LogP contribution in [0.3, 0.4) is 0 Å². The molecule has 4 rings (SSSR count). The first-order valence-corrected chi connectivity index (χ1v) is 12.8. The molecule has 0 spiro atoms. The summed E-state index contributed by atoms with van der Waals surface area (Å²) in [6.07, 6.45) is 3.04. The molecule has 1 aromatic carbocycles. The minimum absolute atomic E-state index is 0.0111. The van der Waals surface area contributed by atoms with Crippen molar-refractivity contribution in [1.29, 1.82) is 0 Å². The highest BCUT2D eigenvalue weighted by Gasteiger charge is 2.36. The fourth-order valence-corrected chi connectivity index (χ4v) is 7.35. The summed E-state index contributed by atoms with van der Waals surface area (Å²) in [5, 5.41) is 0.159. The summed E-state index contributed by atoms with van der Waals surface area (Å²) in [6.45, 7) is 4.42. The van der Waals surface area contributed by atoms with E-state index in [9.17, 15) is 16.8 Å². The van der Waals surface area contributed by atoms with Crippen LogP contribution >= 0.6 is 15.9 Å². The topological polar surface area (TPSA) is 89.3 Å². The molecule has 2 aromatic heterocycles. The molecule has 0 amide bonds. The molecule has 10 heteroatoms. The zero-order chi connectivity index (χ0) is 21.0. The van der Waals surface area contributed by atoms with E-state index in [0.29, 0.717) is 22.9 Å². The van der Waals surface area contributed by atoms with Crippen LogP contribution in [-0.2, 0) is 20.0 Å². The van der Waals surface area contributed by atoms with Gasteiger partial charge in [-0.15, -0.1) is 0 Å². The average molecular weight is 498 g/mol. The van der Waals surface area contributed by atoms with E-state index in [1.165, 1.54) is 28.7 Å². The lowest BCUT2D eigenvalue weighted by molar-refractivity contribution is 0.473. The minimum atomic E-state index is -4.18. The molecule has 0 N–H and O–H groups in total. The quantitative estimate of drug-likeness (QED) is 0.550. The Morgan fingerprint density at radius 2 is 1.59 bits per heavy atom. The van der Waals surface area contributed by atoms with Crippen molar-refractivity contribution >= 4 is 47.0 Å². The van der Waals surface area contributed by atoms with Crippen molar-refractivity contribution in [3.63, 3.8) is 0 Å². The van der Waals surface area contributed by atoms with Gasteiger partial charge in [-0.2, -0.15) is 4.31 Å². The van der Waals surface area contributed by atoms with Crippen molar-refractivity contribution in [2.24, 2.45) is 0 Å². The second-order valence-corrected chi connectivity index (χ2v) is 11.6. The Kier molecular flexibility index (Phi) is 5.09. The van der Waals surface area contributed by atoms with Gasteiger partial charge in [-0.25, -0.2) is 25.8 Å². The van der Waals surface area contributed by atoms with Crippen LogP contribution in [0.15, 0.2) is 50.9 Å². The van der Waals surface area contributed by atoms with Gasteiger partial charge in [-0.3, -0.25) is 0 Å². The number of benzene rings is 1. The molecule has 1 aliphatic heterocycles. The molecule has 0 atom stereocenters. The number of sulfonamides is 1. The van der Waals surface area contributed by atoms with E-state index in [1.54, 1.807) is 12.1 Å². The van der Waals surface area contributed by atoms with Crippen LogP contribution in [-0.4, -0.2) is 43.2 Å². The average Bonchev–Trinajstić information content (AvgIpc) is 3.34. The van der Waals surface area contributed by atoms with Crippen LogP contribution in [0, 0.1) is 13.8 Å². The van der Waals surface area contributed by atoms with Crippen molar-refractivity contribution in [3.8, 4) is 0 Å². The molecular formula is C19H20BrN3O4S2. The number of rotatable bonds is 4. The van der Waals surface area contributed by atoms with Gasteiger partial charge in [0, 0.05) is 29.1 Å². The van der Waals surface area contributed by atoms with Gasteiger partial charge in [0.15, 0.2) is 10.7 Å². The first kappa shape index (κ1) is 20.5. The van der Waals surface area contributed by atoms with Gasteiger partial charge in [0.2, 0.25) is 0 Å². The fourth-order valence-electron chi connectivity index (χ4n) is 3.46. The van der Waals surface area contributed by atoms with E-state index in [-0.39, 0.29) is 15.6 Å². The maximum atomic E-state index is 13.5. The van der Waals surface area contributed by atoms with Gasteiger partial charge in [0.1, 0.15) is 0 Å². The van der Waals surface area contributed by atoms with Crippen molar-refractivity contribution in [2.75, 3.05) is 13.1 Å².